The number of phenols is 8. The van der Waals surface area contributed by atoms with Gasteiger partial charge in [0.1, 0.15) is 46.7 Å². The van der Waals surface area contributed by atoms with E-state index in [0.29, 0.717) is 0 Å². The SMILES string of the molecule is [2H][C@@]1(c2c(O)cc(O)c3c2O[C@H](c2ccc(O)c(O)c2)[C@H](O)C3)c2c(O)cc(O)cc2O[C@H](c2ccc(O)c(O)c2)[C@H]1O. The minimum absolute atomic E-state index is 0.0384. The molecule has 0 bridgehead atoms. The van der Waals surface area contributed by atoms with Crippen molar-refractivity contribution in [2.45, 2.75) is 36.7 Å². The molecule has 4 aromatic carbocycles. The van der Waals surface area contributed by atoms with Crippen LogP contribution in [0.3, 0.4) is 0 Å². The van der Waals surface area contributed by atoms with Crippen molar-refractivity contribution in [1.29, 1.82) is 0 Å². The zero-order chi connectivity index (χ0) is 31.0. The third-order valence-electron chi connectivity index (χ3n) is 7.44. The average Bonchev–Trinajstić information content (AvgIpc) is 2.93. The molecule has 2 heterocycles. The van der Waals surface area contributed by atoms with Gasteiger partial charge >= 0.3 is 0 Å². The highest BCUT2D eigenvalue weighted by atomic mass is 16.5. The minimum Gasteiger partial charge on any atom is -0.508 e. The molecule has 12 nitrogen and oxygen atoms in total. The van der Waals surface area contributed by atoms with E-state index in [1.165, 1.54) is 18.2 Å². The molecule has 0 spiro atoms. The van der Waals surface area contributed by atoms with Crippen molar-refractivity contribution in [3.05, 3.63) is 82.4 Å². The number of rotatable bonds is 3. The Balaban J connectivity index is 1.60. The van der Waals surface area contributed by atoms with Crippen LogP contribution in [0, 0.1) is 0 Å². The van der Waals surface area contributed by atoms with Crippen molar-refractivity contribution in [2.75, 3.05) is 0 Å². The van der Waals surface area contributed by atoms with Crippen molar-refractivity contribution in [3.8, 4) is 57.5 Å². The van der Waals surface area contributed by atoms with E-state index in [1.807, 2.05) is 0 Å². The predicted molar refractivity (Wildman–Crippen MR) is 143 cm³/mol. The summed E-state index contributed by atoms with van der Waals surface area (Å²) < 4.78 is 21.7. The van der Waals surface area contributed by atoms with Gasteiger partial charge in [-0.2, -0.15) is 0 Å². The van der Waals surface area contributed by atoms with Gasteiger partial charge in [-0.25, -0.2) is 0 Å². The molecule has 0 aromatic heterocycles. The molecule has 5 atom stereocenters. The van der Waals surface area contributed by atoms with Crippen LogP contribution in [0.5, 0.6) is 57.5 Å². The first-order valence-corrected chi connectivity index (χ1v) is 12.7. The molecule has 0 saturated heterocycles. The molecule has 0 unspecified atom stereocenters. The fourth-order valence-corrected chi connectivity index (χ4v) is 5.48. The van der Waals surface area contributed by atoms with Gasteiger partial charge in [-0.15, -0.1) is 0 Å². The van der Waals surface area contributed by atoms with Gasteiger partial charge < -0.3 is 60.5 Å². The number of ether oxygens (including phenoxy) is 2. The third kappa shape index (κ3) is 4.24. The maximum Gasteiger partial charge on any atom is 0.157 e. The molecule has 218 valence electrons. The Hall–Kier alpha value is -5.20. The number of fused-ring (bicyclic) bond motifs is 2. The van der Waals surface area contributed by atoms with Crippen LogP contribution in [0.4, 0.5) is 0 Å². The summed E-state index contributed by atoms with van der Waals surface area (Å²) in [6.45, 7) is 0. The van der Waals surface area contributed by atoms with Crippen molar-refractivity contribution < 1.29 is 61.9 Å². The summed E-state index contributed by atoms with van der Waals surface area (Å²) in [5.41, 5.74) is -0.586. The zero-order valence-electron chi connectivity index (χ0n) is 22.5. The number of aliphatic hydroxyl groups excluding tert-OH is 2. The first kappa shape index (κ1) is 25.7. The molecule has 0 saturated carbocycles. The topological polar surface area (TPSA) is 221 Å². The summed E-state index contributed by atoms with van der Waals surface area (Å²) in [5.74, 6) is -7.48. The van der Waals surface area contributed by atoms with Gasteiger partial charge in [-0.05, 0) is 35.4 Å². The van der Waals surface area contributed by atoms with Crippen molar-refractivity contribution >= 4 is 0 Å². The maximum absolute atomic E-state index is 11.8. The van der Waals surface area contributed by atoms with Gasteiger partial charge in [0.15, 0.2) is 29.1 Å². The minimum atomic E-state index is -2.56. The van der Waals surface area contributed by atoms with Crippen molar-refractivity contribution in [3.63, 3.8) is 0 Å². The Morgan fingerprint density at radius 2 is 1.19 bits per heavy atom. The summed E-state index contributed by atoms with van der Waals surface area (Å²) in [4.78, 5) is 0. The number of hydrogen-bond acceptors (Lipinski definition) is 12. The van der Waals surface area contributed by atoms with E-state index in [1.54, 1.807) is 0 Å². The fraction of sp³-hybridized carbons (Fsp3) is 0.200. The van der Waals surface area contributed by atoms with Crippen LogP contribution in [-0.4, -0.2) is 63.3 Å². The van der Waals surface area contributed by atoms with Crippen LogP contribution < -0.4 is 9.47 Å². The second-order valence-electron chi connectivity index (χ2n) is 10.1. The van der Waals surface area contributed by atoms with E-state index < -0.39 is 81.9 Å². The van der Waals surface area contributed by atoms with Crippen LogP contribution in [0.2, 0.25) is 0 Å². The number of hydrogen-bond donors (Lipinski definition) is 10. The smallest absolute Gasteiger partial charge is 0.157 e. The Kier molecular flexibility index (Phi) is 5.96. The summed E-state index contributed by atoms with van der Waals surface area (Å²) >= 11 is 0. The van der Waals surface area contributed by atoms with Crippen molar-refractivity contribution in [1.82, 2.24) is 0 Å². The largest absolute Gasteiger partial charge is 0.508 e. The molecule has 2 aliphatic rings. The Morgan fingerprint density at radius 3 is 1.81 bits per heavy atom. The molecular weight excluding hydrogens is 552 g/mol. The molecule has 0 amide bonds. The molecule has 6 rings (SSSR count). The number of aromatic hydroxyl groups is 8. The molecule has 2 aliphatic heterocycles. The number of aliphatic hydroxyl groups is 2. The Bertz CT molecular complexity index is 1780. The predicted octanol–water partition coefficient (Wildman–Crippen LogP) is 3.00. The Labute approximate surface area is 238 Å². The van der Waals surface area contributed by atoms with Crippen molar-refractivity contribution in [2.24, 2.45) is 0 Å². The van der Waals surface area contributed by atoms with Gasteiger partial charge in [-0.3, -0.25) is 0 Å². The highest BCUT2D eigenvalue weighted by molar-refractivity contribution is 5.65. The second-order valence-corrected chi connectivity index (χ2v) is 10.1. The van der Waals surface area contributed by atoms with Crippen LogP contribution in [0.1, 0.15) is 47.3 Å². The average molecular weight is 580 g/mol. The molecule has 10 N–H and O–H groups in total. The number of phenolic OH excluding ortho intramolecular Hbond substituents is 8. The summed E-state index contributed by atoms with van der Waals surface area (Å²) in [6.07, 6.45) is -6.30. The lowest BCUT2D eigenvalue weighted by Gasteiger charge is -2.40. The molecular formula is C30H26O12. The van der Waals surface area contributed by atoms with Gasteiger partial charge in [0.25, 0.3) is 0 Å². The summed E-state index contributed by atoms with van der Waals surface area (Å²) in [6, 6.07) is 10.1. The maximum atomic E-state index is 11.8. The first-order chi connectivity index (χ1) is 20.3. The molecule has 12 heteroatoms. The lowest BCUT2D eigenvalue weighted by molar-refractivity contribution is 0.00115. The molecule has 0 radical (unpaired) electrons. The second kappa shape index (κ2) is 9.72. The zero-order valence-corrected chi connectivity index (χ0v) is 21.5. The van der Waals surface area contributed by atoms with Gasteiger partial charge in [-0.1, -0.05) is 12.1 Å². The molecule has 42 heavy (non-hydrogen) atoms. The van der Waals surface area contributed by atoms with E-state index in [4.69, 9.17) is 9.47 Å². The quantitative estimate of drug-likeness (QED) is 0.158. The van der Waals surface area contributed by atoms with Crippen LogP contribution in [-0.2, 0) is 6.42 Å². The van der Waals surface area contributed by atoms with Crippen LogP contribution in [0.15, 0.2) is 54.6 Å². The Morgan fingerprint density at radius 1 is 0.595 bits per heavy atom. The first-order valence-electron chi connectivity index (χ1n) is 13.2. The third-order valence-corrected chi connectivity index (χ3v) is 7.44. The van der Waals surface area contributed by atoms with E-state index in [0.717, 1.165) is 36.4 Å². The monoisotopic (exact) mass is 579 g/mol. The fourth-order valence-electron chi connectivity index (χ4n) is 5.48. The van der Waals surface area contributed by atoms with Crippen LogP contribution >= 0.6 is 0 Å². The lowest BCUT2D eigenvalue weighted by atomic mass is 9.77. The summed E-state index contributed by atoms with van der Waals surface area (Å²) in [5, 5.41) is 106. The summed E-state index contributed by atoms with van der Waals surface area (Å²) in [7, 11) is 0. The van der Waals surface area contributed by atoms with Gasteiger partial charge in [0, 0.05) is 42.7 Å². The normalized spacial score (nSPS) is 25.0. The highest BCUT2D eigenvalue weighted by Crippen LogP contribution is 2.57. The van der Waals surface area contributed by atoms with E-state index in [9.17, 15) is 52.4 Å². The standard InChI is InChI=1S/C30H26O12/c31-13-7-20(37)24-23(8-13)41-29(12-2-4-16(33)19(36)6-12)27(40)26(24)25-21(38)10-17(34)14-9-22(39)28(42-30(14)25)11-1-3-15(32)18(35)5-11/h1-8,10,22,26-29,31-40H,9H2/t22-,26+,27+,28-,29-/m1/s1/i26D. The highest BCUT2D eigenvalue weighted by Gasteiger charge is 2.46. The number of benzene rings is 4. The molecule has 0 aliphatic carbocycles. The molecule has 0 fully saturated rings. The van der Waals surface area contributed by atoms with Gasteiger partial charge in [0.2, 0.25) is 0 Å². The van der Waals surface area contributed by atoms with Crippen LogP contribution in [0.25, 0.3) is 0 Å². The van der Waals surface area contributed by atoms with E-state index in [2.05, 4.69) is 0 Å². The van der Waals surface area contributed by atoms with Gasteiger partial charge in [0.05, 0.1) is 12.0 Å². The molecule has 4 aromatic rings. The lowest BCUT2D eigenvalue weighted by Crippen LogP contribution is -2.36. The van der Waals surface area contributed by atoms with E-state index in [-0.39, 0.29) is 40.2 Å². The van der Waals surface area contributed by atoms with E-state index >= 15 is 0 Å².